The van der Waals surface area contributed by atoms with E-state index in [0.29, 0.717) is 16.3 Å². The first-order chi connectivity index (χ1) is 7.99. The van der Waals surface area contributed by atoms with E-state index >= 15 is 0 Å². The molecule has 0 radical (unpaired) electrons. The minimum absolute atomic E-state index is 0.102. The van der Waals surface area contributed by atoms with Gasteiger partial charge in [-0.15, -0.1) is 0 Å². The van der Waals surface area contributed by atoms with E-state index in [1.165, 1.54) is 0 Å². The minimum Gasteiger partial charge on any atom is -0.458 e. The fourth-order valence-electron chi connectivity index (χ4n) is 1.71. The van der Waals surface area contributed by atoms with Crippen LogP contribution in [0.15, 0.2) is 28.7 Å². The van der Waals surface area contributed by atoms with Gasteiger partial charge in [0, 0.05) is 10.6 Å². The number of carbonyl (C=O) groups excluding carboxylic acids is 1. The molecule has 2 nitrogen and oxygen atoms in total. The summed E-state index contributed by atoms with van der Waals surface area (Å²) >= 11 is 6.01. The van der Waals surface area contributed by atoms with Gasteiger partial charge >= 0.3 is 0 Å². The van der Waals surface area contributed by atoms with Crippen molar-refractivity contribution in [3.63, 3.8) is 0 Å². The molecule has 0 unspecified atom stereocenters. The number of furan rings is 1. The molecule has 0 aliphatic carbocycles. The zero-order valence-corrected chi connectivity index (χ0v) is 10.8. The van der Waals surface area contributed by atoms with Crippen LogP contribution in [0.1, 0.15) is 33.0 Å². The second-order valence-electron chi connectivity index (χ2n) is 4.16. The smallest absolute Gasteiger partial charge is 0.228 e. The van der Waals surface area contributed by atoms with Crippen molar-refractivity contribution in [2.45, 2.75) is 20.8 Å². The molecule has 1 heterocycles. The maximum atomic E-state index is 12.2. The summed E-state index contributed by atoms with van der Waals surface area (Å²) in [5.74, 6) is 0.999. The van der Waals surface area contributed by atoms with Crippen LogP contribution >= 0.6 is 11.6 Å². The maximum Gasteiger partial charge on any atom is 0.228 e. The van der Waals surface area contributed by atoms with Crippen LogP contribution in [0.5, 0.6) is 0 Å². The molecule has 0 fully saturated rings. The Hall–Kier alpha value is -1.54. The van der Waals surface area contributed by atoms with Crippen molar-refractivity contribution in [1.82, 2.24) is 0 Å². The predicted molar refractivity (Wildman–Crippen MR) is 67.8 cm³/mol. The number of halogens is 1. The van der Waals surface area contributed by atoms with Gasteiger partial charge in [-0.05, 0) is 56.2 Å². The van der Waals surface area contributed by atoms with Gasteiger partial charge in [0.2, 0.25) is 5.78 Å². The molecule has 0 saturated heterocycles. The van der Waals surface area contributed by atoms with Gasteiger partial charge in [-0.3, -0.25) is 4.79 Å². The van der Waals surface area contributed by atoms with Crippen LogP contribution in [0.3, 0.4) is 0 Å². The quantitative estimate of drug-likeness (QED) is 0.750. The molecule has 1 aromatic carbocycles. The molecule has 2 aromatic rings. The van der Waals surface area contributed by atoms with E-state index in [1.807, 2.05) is 20.8 Å². The second-order valence-corrected chi connectivity index (χ2v) is 4.56. The summed E-state index contributed by atoms with van der Waals surface area (Å²) in [7, 11) is 0. The average molecular weight is 249 g/mol. The first-order valence-electron chi connectivity index (χ1n) is 5.37. The monoisotopic (exact) mass is 248 g/mol. The van der Waals surface area contributed by atoms with Gasteiger partial charge in [-0.2, -0.15) is 0 Å². The Morgan fingerprint density at radius 1 is 1.12 bits per heavy atom. The fraction of sp³-hybridized carbons (Fsp3) is 0.214. The normalized spacial score (nSPS) is 10.6. The van der Waals surface area contributed by atoms with Gasteiger partial charge in [-0.25, -0.2) is 0 Å². The van der Waals surface area contributed by atoms with Crippen LogP contribution in [0.2, 0.25) is 5.02 Å². The Morgan fingerprint density at radius 2 is 1.82 bits per heavy atom. The van der Waals surface area contributed by atoms with Crippen molar-refractivity contribution in [1.29, 1.82) is 0 Å². The molecular weight excluding hydrogens is 236 g/mol. The fourth-order valence-corrected chi connectivity index (χ4v) is 1.93. The molecule has 3 heteroatoms. The molecule has 0 bridgehead atoms. The number of hydrogen-bond donors (Lipinski definition) is 0. The molecule has 0 atom stereocenters. The number of benzene rings is 1. The molecular formula is C14H13ClO2. The SMILES string of the molecule is Cc1ccc(C(=O)c2cc(C)c(Cl)cc2C)o1. The van der Waals surface area contributed by atoms with Crippen molar-refractivity contribution in [2.24, 2.45) is 0 Å². The highest BCUT2D eigenvalue weighted by molar-refractivity contribution is 6.31. The van der Waals surface area contributed by atoms with Crippen LogP contribution in [0.4, 0.5) is 0 Å². The summed E-state index contributed by atoms with van der Waals surface area (Å²) in [4.78, 5) is 12.2. The van der Waals surface area contributed by atoms with E-state index in [9.17, 15) is 4.79 Å². The number of carbonyl (C=O) groups is 1. The summed E-state index contributed by atoms with van der Waals surface area (Å²) in [6, 6.07) is 7.09. The lowest BCUT2D eigenvalue weighted by Crippen LogP contribution is -2.03. The van der Waals surface area contributed by atoms with Gasteiger partial charge in [0.25, 0.3) is 0 Å². The summed E-state index contributed by atoms with van der Waals surface area (Å²) < 4.78 is 5.34. The molecule has 1 aromatic heterocycles. The minimum atomic E-state index is -0.102. The molecule has 0 saturated carbocycles. The van der Waals surface area contributed by atoms with E-state index in [-0.39, 0.29) is 5.78 Å². The lowest BCUT2D eigenvalue weighted by molar-refractivity contribution is 0.101. The third-order valence-corrected chi connectivity index (χ3v) is 3.12. The number of aryl methyl sites for hydroxylation is 3. The molecule has 0 N–H and O–H groups in total. The number of hydrogen-bond acceptors (Lipinski definition) is 2. The van der Waals surface area contributed by atoms with Crippen molar-refractivity contribution in [2.75, 3.05) is 0 Å². The molecule has 0 spiro atoms. The summed E-state index contributed by atoms with van der Waals surface area (Å²) in [5, 5.41) is 0.676. The topological polar surface area (TPSA) is 30.2 Å². The zero-order chi connectivity index (χ0) is 12.6. The molecule has 0 aliphatic rings. The van der Waals surface area contributed by atoms with Crippen LogP contribution in [-0.4, -0.2) is 5.78 Å². The van der Waals surface area contributed by atoms with E-state index in [1.54, 1.807) is 24.3 Å². The Balaban J connectivity index is 2.47. The third kappa shape index (κ3) is 2.27. The first kappa shape index (κ1) is 11.9. The molecule has 88 valence electrons. The van der Waals surface area contributed by atoms with E-state index < -0.39 is 0 Å². The second kappa shape index (κ2) is 4.38. The van der Waals surface area contributed by atoms with E-state index in [2.05, 4.69) is 0 Å². The zero-order valence-electron chi connectivity index (χ0n) is 10.0. The van der Waals surface area contributed by atoms with Crippen molar-refractivity contribution < 1.29 is 9.21 Å². The van der Waals surface area contributed by atoms with E-state index in [4.69, 9.17) is 16.0 Å². The Bertz CT molecular complexity index is 582. The summed E-state index contributed by atoms with van der Waals surface area (Å²) in [6.45, 7) is 5.57. The predicted octanol–water partition coefficient (Wildman–Crippen LogP) is 4.09. The lowest BCUT2D eigenvalue weighted by Gasteiger charge is -2.06. The van der Waals surface area contributed by atoms with Crippen LogP contribution in [0.25, 0.3) is 0 Å². The van der Waals surface area contributed by atoms with Crippen LogP contribution < -0.4 is 0 Å². The Kier molecular flexibility index (Phi) is 3.07. The highest BCUT2D eigenvalue weighted by Gasteiger charge is 2.16. The van der Waals surface area contributed by atoms with Gasteiger partial charge in [-0.1, -0.05) is 11.6 Å². The first-order valence-corrected chi connectivity index (χ1v) is 5.74. The van der Waals surface area contributed by atoms with Gasteiger partial charge < -0.3 is 4.42 Å². The largest absolute Gasteiger partial charge is 0.458 e. The van der Waals surface area contributed by atoms with Crippen molar-refractivity contribution in [3.05, 3.63) is 57.5 Å². The third-order valence-electron chi connectivity index (χ3n) is 2.71. The van der Waals surface area contributed by atoms with Crippen LogP contribution in [0, 0.1) is 20.8 Å². The molecule has 0 amide bonds. The standard InChI is InChI=1S/C14H13ClO2/c1-8-7-12(15)9(2)6-11(8)14(16)13-5-4-10(3)17-13/h4-7H,1-3H3. The van der Waals surface area contributed by atoms with E-state index in [0.717, 1.165) is 16.9 Å². The molecule has 17 heavy (non-hydrogen) atoms. The Morgan fingerprint density at radius 3 is 2.41 bits per heavy atom. The number of ketones is 1. The Labute approximate surface area is 105 Å². The van der Waals surface area contributed by atoms with Crippen LogP contribution in [-0.2, 0) is 0 Å². The van der Waals surface area contributed by atoms with Crippen molar-refractivity contribution >= 4 is 17.4 Å². The summed E-state index contributed by atoms with van der Waals surface area (Å²) in [6.07, 6.45) is 0. The maximum absolute atomic E-state index is 12.2. The van der Waals surface area contributed by atoms with Crippen molar-refractivity contribution in [3.8, 4) is 0 Å². The van der Waals surface area contributed by atoms with Gasteiger partial charge in [0.05, 0.1) is 0 Å². The van der Waals surface area contributed by atoms with Gasteiger partial charge in [0.15, 0.2) is 5.76 Å². The highest BCUT2D eigenvalue weighted by Crippen LogP contribution is 2.23. The molecule has 0 aliphatic heterocycles. The number of rotatable bonds is 2. The lowest BCUT2D eigenvalue weighted by atomic mass is 10.0. The highest BCUT2D eigenvalue weighted by atomic mass is 35.5. The molecule has 2 rings (SSSR count). The average Bonchev–Trinajstić information content (AvgIpc) is 2.69. The summed E-state index contributed by atoms with van der Waals surface area (Å²) in [5.41, 5.74) is 2.39. The van der Waals surface area contributed by atoms with Gasteiger partial charge in [0.1, 0.15) is 5.76 Å².